The minimum atomic E-state index is -0.852. The lowest BCUT2D eigenvalue weighted by molar-refractivity contribution is -0.395. The molecule has 1 N–H and O–H groups in total. The van der Waals surface area contributed by atoms with Gasteiger partial charge in [0.15, 0.2) is 10.6 Å². The molecule has 16 heteroatoms. The van der Waals surface area contributed by atoms with Gasteiger partial charge < -0.3 is 19.7 Å². The Hall–Kier alpha value is -5.82. The molecule has 46 heavy (non-hydrogen) atoms. The minimum Gasteiger partial charge on any atom is -0.494 e. The van der Waals surface area contributed by atoms with Crippen LogP contribution in [0.15, 0.2) is 81.9 Å². The van der Waals surface area contributed by atoms with E-state index >= 15 is 0 Å². The quantitative estimate of drug-likeness (QED) is 0.0333. The number of nitro groups is 2. The number of methoxy groups -OCH3 is 1. The maximum absolute atomic E-state index is 12.5. The van der Waals surface area contributed by atoms with E-state index < -0.39 is 33.1 Å². The number of carbonyl (C=O) groups is 2. The number of benzene rings is 3. The van der Waals surface area contributed by atoms with Crippen LogP contribution in [0.2, 0.25) is 0 Å². The predicted octanol–water partition coefficient (Wildman–Crippen LogP) is 7.33. The summed E-state index contributed by atoms with van der Waals surface area (Å²) >= 11 is 0.427. The second-order valence-corrected chi connectivity index (χ2v) is 10.5. The zero-order chi connectivity index (χ0) is 33.8. The lowest BCUT2D eigenvalue weighted by Crippen LogP contribution is -2.27. The van der Waals surface area contributed by atoms with Crippen LogP contribution in [-0.4, -0.2) is 42.0 Å². The van der Waals surface area contributed by atoms with E-state index in [2.05, 4.69) is 26.4 Å². The monoisotopic (exact) mass is 647 g/mol. The molecular formula is C30H29N7O8S. The highest BCUT2D eigenvalue weighted by atomic mass is 32.2. The van der Waals surface area contributed by atoms with Crippen LogP contribution in [0.5, 0.6) is 5.75 Å². The molecule has 0 aliphatic heterocycles. The molecule has 0 fully saturated rings. The van der Waals surface area contributed by atoms with Crippen LogP contribution in [0, 0.1) is 26.8 Å². The van der Waals surface area contributed by atoms with E-state index in [1.54, 1.807) is 13.0 Å². The van der Waals surface area contributed by atoms with Crippen molar-refractivity contribution in [3.8, 4) is 5.75 Å². The standard InChI is InChI=1S/C30H29N7O8S/c1-19(2)18-45-30(39)11-12-35(17-21-9-7-6-8-10-21)26-13-22(32-20(3)38)23(14-28(26)44-5)33-34-24-15-29(46-31-4)27(37(42)43)16-25(24)36(40)41/h6-10,13-16H,1,11-12,17-18H2,2-3,5H3,(H,32,38). The highest BCUT2D eigenvalue weighted by Gasteiger charge is 2.28. The predicted molar refractivity (Wildman–Crippen MR) is 172 cm³/mol. The molecule has 238 valence electrons. The van der Waals surface area contributed by atoms with E-state index in [9.17, 15) is 29.8 Å². The van der Waals surface area contributed by atoms with Crippen molar-refractivity contribution in [1.82, 2.24) is 0 Å². The van der Waals surface area contributed by atoms with E-state index in [0.29, 0.717) is 35.8 Å². The summed E-state index contributed by atoms with van der Waals surface area (Å²) in [5.74, 6) is -0.618. The fraction of sp³-hybridized carbons (Fsp3) is 0.233. The van der Waals surface area contributed by atoms with Crippen molar-refractivity contribution >= 4 is 57.9 Å². The zero-order valence-electron chi connectivity index (χ0n) is 25.1. The molecule has 1 amide bonds. The number of nitrogens with zero attached hydrogens (tertiary/aromatic N) is 6. The maximum Gasteiger partial charge on any atom is 0.307 e. The van der Waals surface area contributed by atoms with Crippen LogP contribution in [0.3, 0.4) is 0 Å². The molecule has 0 atom stereocenters. The number of carbonyl (C=O) groups excluding carboxylic acids is 2. The zero-order valence-corrected chi connectivity index (χ0v) is 25.9. The number of hydrogen-bond acceptors (Lipinski definition) is 12. The Bertz CT molecular complexity index is 1720. The van der Waals surface area contributed by atoms with Gasteiger partial charge in [-0.05, 0) is 24.1 Å². The molecule has 0 aromatic heterocycles. The van der Waals surface area contributed by atoms with E-state index in [1.807, 2.05) is 35.2 Å². The normalized spacial score (nSPS) is 10.6. The molecule has 3 aromatic rings. The van der Waals surface area contributed by atoms with Gasteiger partial charge in [-0.15, -0.1) is 10.2 Å². The summed E-state index contributed by atoms with van der Waals surface area (Å²) in [5.41, 5.74) is 0.625. The Kier molecular flexibility index (Phi) is 12.3. The highest BCUT2D eigenvalue weighted by molar-refractivity contribution is 8.01. The molecule has 3 rings (SSSR count). The van der Waals surface area contributed by atoms with E-state index in [0.717, 1.165) is 11.6 Å². The van der Waals surface area contributed by atoms with Gasteiger partial charge in [-0.1, -0.05) is 36.9 Å². The number of amides is 1. The topological polar surface area (TPSA) is 183 Å². The van der Waals surface area contributed by atoms with Crippen LogP contribution in [0.1, 0.15) is 25.8 Å². The molecule has 0 bridgehead atoms. The van der Waals surface area contributed by atoms with Crippen LogP contribution in [0.25, 0.3) is 4.25 Å². The van der Waals surface area contributed by atoms with Crippen molar-refractivity contribution in [2.75, 3.05) is 30.5 Å². The van der Waals surface area contributed by atoms with Crippen LogP contribution in [0.4, 0.5) is 34.1 Å². The minimum absolute atomic E-state index is 0.0228. The molecule has 0 spiro atoms. The lowest BCUT2D eigenvalue weighted by Gasteiger charge is -2.27. The Balaban J connectivity index is 2.12. The van der Waals surface area contributed by atoms with Gasteiger partial charge in [0.05, 0.1) is 40.8 Å². The molecule has 3 aromatic carbocycles. The number of esters is 1. The third kappa shape index (κ3) is 9.59. The molecule has 0 radical (unpaired) electrons. The average molecular weight is 648 g/mol. The fourth-order valence-corrected chi connectivity index (χ4v) is 4.57. The van der Waals surface area contributed by atoms with Crippen molar-refractivity contribution in [2.24, 2.45) is 10.2 Å². The van der Waals surface area contributed by atoms with Crippen molar-refractivity contribution in [3.63, 3.8) is 0 Å². The number of hydrogen-bond donors (Lipinski definition) is 1. The summed E-state index contributed by atoms with van der Waals surface area (Å²) in [7, 11) is 1.41. The SMILES string of the molecule is [C-]#[N+]Sc1cc(N=Nc2cc(OC)c(N(CCC(=O)OCC(=C)C)Cc3ccccc3)cc2NC(C)=O)c([N+](=O)[O-])cc1[N+](=O)[O-]. The summed E-state index contributed by atoms with van der Waals surface area (Å²) in [6.07, 6.45) is 0.0228. The second-order valence-electron chi connectivity index (χ2n) is 9.70. The van der Waals surface area contributed by atoms with Gasteiger partial charge in [-0.2, -0.15) is 0 Å². The number of rotatable bonds is 15. The van der Waals surface area contributed by atoms with Gasteiger partial charge in [0.25, 0.3) is 5.69 Å². The first-order valence-electron chi connectivity index (χ1n) is 13.4. The summed E-state index contributed by atoms with van der Waals surface area (Å²) in [4.78, 5) is 47.9. The van der Waals surface area contributed by atoms with Crippen molar-refractivity contribution in [3.05, 3.63) is 103 Å². The van der Waals surface area contributed by atoms with E-state index in [-0.39, 0.29) is 47.3 Å². The van der Waals surface area contributed by atoms with Gasteiger partial charge in [0, 0.05) is 32.1 Å². The third-order valence-electron chi connectivity index (χ3n) is 6.09. The molecule has 0 heterocycles. The average Bonchev–Trinajstić information content (AvgIpc) is 3.01. The lowest BCUT2D eigenvalue weighted by atomic mass is 10.1. The van der Waals surface area contributed by atoms with Crippen LogP contribution in [-0.2, 0) is 20.9 Å². The van der Waals surface area contributed by atoms with Crippen molar-refractivity contribution in [2.45, 2.75) is 31.7 Å². The first-order chi connectivity index (χ1) is 21.9. The fourth-order valence-electron chi connectivity index (χ4n) is 4.08. The summed E-state index contributed by atoms with van der Waals surface area (Å²) in [5, 5.41) is 34.0. The number of azo groups is 1. The number of nitro benzene ring substituents is 2. The van der Waals surface area contributed by atoms with E-state index in [1.165, 1.54) is 20.1 Å². The number of nitrogens with one attached hydrogen (secondary N) is 1. The number of anilines is 2. The van der Waals surface area contributed by atoms with Crippen molar-refractivity contribution in [1.29, 1.82) is 0 Å². The Morgan fingerprint density at radius 3 is 2.30 bits per heavy atom. The first kappa shape index (κ1) is 34.7. The van der Waals surface area contributed by atoms with Gasteiger partial charge in [0.2, 0.25) is 5.91 Å². The van der Waals surface area contributed by atoms with Gasteiger partial charge in [0.1, 0.15) is 18.0 Å². The number of ether oxygens (including phenoxy) is 2. The third-order valence-corrected chi connectivity index (χ3v) is 6.70. The van der Waals surface area contributed by atoms with Crippen LogP contribution < -0.4 is 15.0 Å². The molecule has 0 aliphatic carbocycles. The molecule has 15 nitrogen and oxygen atoms in total. The van der Waals surface area contributed by atoms with Gasteiger partial charge in [-0.3, -0.25) is 29.8 Å². The molecular weight excluding hydrogens is 618 g/mol. The second kappa shape index (κ2) is 16.3. The maximum atomic E-state index is 12.5. The van der Waals surface area contributed by atoms with Crippen molar-refractivity contribution < 1.29 is 28.9 Å². The van der Waals surface area contributed by atoms with E-state index in [4.69, 9.17) is 16.0 Å². The molecule has 0 saturated carbocycles. The Morgan fingerprint density at radius 1 is 1.04 bits per heavy atom. The molecule has 0 saturated heterocycles. The van der Waals surface area contributed by atoms with Gasteiger partial charge in [-0.25, -0.2) is 10.8 Å². The summed E-state index contributed by atoms with van der Waals surface area (Å²) < 4.78 is 14.0. The molecule has 0 unspecified atom stereocenters. The highest BCUT2D eigenvalue weighted by Crippen LogP contribution is 2.43. The Morgan fingerprint density at radius 2 is 1.72 bits per heavy atom. The Labute approximate surface area is 268 Å². The summed E-state index contributed by atoms with van der Waals surface area (Å²) in [6.45, 7) is 14.5. The largest absolute Gasteiger partial charge is 0.494 e. The van der Waals surface area contributed by atoms with Crippen LogP contribution >= 0.6 is 11.9 Å². The summed E-state index contributed by atoms with van der Waals surface area (Å²) in [6, 6.07) is 14.2. The smallest absolute Gasteiger partial charge is 0.307 e. The first-order valence-corrected chi connectivity index (χ1v) is 14.2. The molecule has 0 aliphatic rings. The van der Waals surface area contributed by atoms with Gasteiger partial charge >= 0.3 is 23.6 Å².